The highest BCUT2D eigenvalue weighted by molar-refractivity contribution is 5.94. The Morgan fingerprint density at radius 3 is 2.56 bits per heavy atom. The summed E-state index contributed by atoms with van der Waals surface area (Å²) in [6, 6.07) is 13.6. The van der Waals surface area contributed by atoms with E-state index in [2.05, 4.69) is 17.7 Å². The molecule has 0 aromatic heterocycles. The van der Waals surface area contributed by atoms with E-state index in [1.54, 1.807) is 0 Å². The summed E-state index contributed by atoms with van der Waals surface area (Å²) < 4.78 is 0. The molecule has 0 atom stereocenters. The van der Waals surface area contributed by atoms with Gasteiger partial charge >= 0.3 is 0 Å². The molecule has 0 saturated heterocycles. The number of nitrogens with zero attached hydrogens (tertiary/aromatic N) is 1. The summed E-state index contributed by atoms with van der Waals surface area (Å²) in [5.74, 6) is -0.163. The number of anilines is 1. The summed E-state index contributed by atoms with van der Waals surface area (Å²) >= 11 is 0. The maximum atomic E-state index is 12.4. The zero-order valence-corrected chi connectivity index (χ0v) is 14.6. The standard InChI is InChI=1S/C20H23N3O2/c1-3-15-7-9-16(10-8-15)20(25)22-23-12-11-18-17(13-23)5-4-6-19(18)21-14(2)24/h4-10H,3,11-13H2,1-2H3,(H,21,24)(H,22,25). The van der Waals surface area contributed by atoms with E-state index in [9.17, 15) is 9.59 Å². The lowest BCUT2D eigenvalue weighted by Crippen LogP contribution is -2.45. The Labute approximate surface area is 148 Å². The van der Waals surface area contributed by atoms with Crippen LogP contribution in [0.15, 0.2) is 42.5 Å². The van der Waals surface area contributed by atoms with Crippen LogP contribution in [-0.2, 0) is 24.2 Å². The molecule has 1 aliphatic heterocycles. The van der Waals surface area contributed by atoms with Crippen LogP contribution in [0.2, 0.25) is 0 Å². The number of rotatable bonds is 4. The second kappa shape index (κ2) is 7.49. The van der Waals surface area contributed by atoms with Gasteiger partial charge in [-0.05, 0) is 47.7 Å². The maximum absolute atomic E-state index is 12.4. The molecule has 2 amide bonds. The van der Waals surface area contributed by atoms with Gasteiger partial charge in [0.05, 0.1) is 0 Å². The Kier molecular flexibility index (Phi) is 5.14. The van der Waals surface area contributed by atoms with Crippen LogP contribution in [0.5, 0.6) is 0 Å². The number of hydrogen-bond donors (Lipinski definition) is 2. The van der Waals surface area contributed by atoms with Crippen molar-refractivity contribution in [2.75, 3.05) is 11.9 Å². The average molecular weight is 337 g/mol. The molecule has 0 unspecified atom stereocenters. The van der Waals surface area contributed by atoms with Gasteiger partial charge in [0, 0.05) is 31.3 Å². The van der Waals surface area contributed by atoms with Crippen LogP contribution < -0.4 is 10.7 Å². The number of aryl methyl sites for hydroxylation is 1. The van der Waals surface area contributed by atoms with Crippen molar-refractivity contribution < 1.29 is 9.59 Å². The maximum Gasteiger partial charge on any atom is 0.265 e. The minimum atomic E-state index is -0.0934. The lowest BCUT2D eigenvalue weighted by atomic mass is 9.98. The predicted molar refractivity (Wildman–Crippen MR) is 98.1 cm³/mol. The first-order valence-corrected chi connectivity index (χ1v) is 8.60. The van der Waals surface area contributed by atoms with E-state index in [4.69, 9.17) is 0 Å². The second-order valence-corrected chi connectivity index (χ2v) is 6.29. The molecule has 2 aromatic rings. The summed E-state index contributed by atoms with van der Waals surface area (Å²) in [5.41, 5.74) is 8.00. The highest BCUT2D eigenvalue weighted by Crippen LogP contribution is 2.25. The lowest BCUT2D eigenvalue weighted by Gasteiger charge is -2.30. The number of carbonyl (C=O) groups excluding carboxylic acids is 2. The number of fused-ring (bicyclic) bond motifs is 1. The molecule has 2 aromatic carbocycles. The second-order valence-electron chi connectivity index (χ2n) is 6.29. The molecule has 1 heterocycles. The summed E-state index contributed by atoms with van der Waals surface area (Å²) in [6.07, 6.45) is 1.74. The molecule has 5 heteroatoms. The van der Waals surface area contributed by atoms with Crippen molar-refractivity contribution in [2.24, 2.45) is 0 Å². The Hall–Kier alpha value is -2.66. The summed E-state index contributed by atoms with van der Waals surface area (Å²) in [4.78, 5) is 23.8. The summed E-state index contributed by atoms with van der Waals surface area (Å²) in [5, 5.41) is 4.81. The number of amides is 2. The summed E-state index contributed by atoms with van der Waals surface area (Å²) in [7, 11) is 0. The number of carbonyl (C=O) groups is 2. The first kappa shape index (κ1) is 17.2. The molecule has 25 heavy (non-hydrogen) atoms. The van der Waals surface area contributed by atoms with E-state index in [1.807, 2.05) is 47.5 Å². The van der Waals surface area contributed by atoms with Gasteiger partial charge in [0.25, 0.3) is 5.91 Å². The van der Waals surface area contributed by atoms with E-state index in [1.165, 1.54) is 12.5 Å². The van der Waals surface area contributed by atoms with Crippen LogP contribution in [0.25, 0.3) is 0 Å². The molecule has 0 spiro atoms. The third kappa shape index (κ3) is 4.06. The van der Waals surface area contributed by atoms with Crippen molar-refractivity contribution in [1.29, 1.82) is 0 Å². The fraction of sp³-hybridized carbons (Fsp3) is 0.300. The average Bonchev–Trinajstić information content (AvgIpc) is 2.61. The van der Waals surface area contributed by atoms with Crippen LogP contribution >= 0.6 is 0 Å². The molecular weight excluding hydrogens is 314 g/mol. The fourth-order valence-electron chi connectivity index (χ4n) is 3.11. The Morgan fingerprint density at radius 2 is 1.88 bits per heavy atom. The highest BCUT2D eigenvalue weighted by atomic mass is 16.2. The monoisotopic (exact) mass is 337 g/mol. The van der Waals surface area contributed by atoms with Gasteiger partial charge in [0.2, 0.25) is 5.91 Å². The fourth-order valence-corrected chi connectivity index (χ4v) is 3.11. The molecule has 1 aliphatic rings. The van der Waals surface area contributed by atoms with Gasteiger partial charge < -0.3 is 5.32 Å². The summed E-state index contributed by atoms with van der Waals surface area (Å²) in [6.45, 7) is 4.94. The Bertz CT molecular complexity index is 784. The van der Waals surface area contributed by atoms with Gasteiger partial charge in [-0.25, -0.2) is 5.01 Å². The van der Waals surface area contributed by atoms with Gasteiger partial charge in [0.15, 0.2) is 0 Å². The van der Waals surface area contributed by atoms with Gasteiger partial charge in [-0.1, -0.05) is 31.2 Å². The van der Waals surface area contributed by atoms with Crippen LogP contribution in [0.1, 0.15) is 40.9 Å². The molecule has 3 rings (SSSR count). The van der Waals surface area contributed by atoms with E-state index in [0.29, 0.717) is 18.7 Å². The number of nitrogens with one attached hydrogen (secondary N) is 2. The van der Waals surface area contributed by atoms with Gasteiger partial charge in [-0.15, -0.1) is 0 Å². The zero-order chi connectivity index (χ0) is 17.8. The van der Waals surface area contributed by atoms with Gasteiger partial charge in [0.1, 0.15) is 0 Å². The largest absolute Gasteiger partial charge is 0.326 e. The van der Waals surface area contributed by atoms with E-state index >= 15 is 0 Å². The third-order valence-corrected chi connectivity index (χ3v) is 4.46. The third-order valence-electron chi connectivity index (χ3n) is 4.46. The quantitative estimate of drug-likeness (QED) is 0.902. The van der Waals surface area contributed by atoms with Crippen molar-refractivity contribution in [3.63, 3.8) is 0 Å². The van der Waals surface area contributed by atoms with E-state index in [0.717, 1.165) is 29.7 Å². The number of benzene rings is 2. The highest BCUT2D eigenvalue weighted by Gasteiger charge is 2.20. The Morgan fingerprint density at radius 1 is 1.12 bits per heavy atom. The van der Waals surface area contributed by atoms with Gasteiger partial charge in [-0.3, -0.25) is 15.0 Å². The molecule has 2 N–H and O–H groups in total. The smallest absolute Gasteiger partial charge is 0.265 e. The van der Waals surface area contributed by atoms with Crippen molar-refractivity contribution in [2.45, 2.75) is 33.2 Å². The van der Waals surface area contributed by atoms with E-state index < -0.39 is 0 Å². The SMILES string of the molecule is CCc1ccc(C(=O)NN2CCc3c(cccc3NC(C)=O)C2)cc1. The predicted octanol–water partition coefficient (Wildman–Crippen LogP) is 2.91. The number of hydrazine groups is 1. The minimum absolute atomic E-state index is 0.0698. The van der Waals surface area contributed by atoms with Crippen LogP contribution in [0, 0.1) is 0 Å². The Balaban J connectivity index is 1.68. The first-order valence-electron chi connectivity index (χ1n) is 8.60. The molecule has 0 aliphatic carbocycles. The minimum Gasteiger partial charge on any atom is -0.326 e. The van der Waals surface area contributed by atoms with E-state index in [-0.39, 0.29) is 11.8 Å². The first-order chi connectivity index (χ1) is 12.1. The van der Waals surface area contributed by atoms with Crippen LogP contribution in [-0.4, -0.2) is 23.4 Å². The molecule has 130 valence electrons. The van der Waals surface area contributed by atoms with Crippen LogP contribution in [0.3, 0.4) is 0 Å². The van der Waals surface area contributed by atoms with Crippen molar-refractivity contribution in [3.8, 4) is 0 Å². The normalized spacial score (nSPS) is 13.8. The molecule has 0 saturated carbocycles. The molecular formula is C20H23N3O2. The molecule has 0 bridgehead atoms. The molecule has 5 nitrogen and oxygen atoms in total. The topological polar surface area (TPSA) is 61.4 Å². The lowest BCUT2D eigenvalue weighted by molar-refractivity contribution is -0.114. The molecule has 0 fully saturated rings. The van der Waals surface area contributed by atoms with Gasteiger partial charge in [-0.2, -0.15) is 0 Å². The zero-order valence-electron chi connectivity index (χ0n) is 14.6. The van der Waals surface area contributed by atoms with Crippen molar-refractivity contribution in [1.82, 2.24) is 10.4 Å². The van der Waals surface area contributed by atoms with Crippen molar-refractivity contribution in [3.05, 3.63) is 64.7 Å². The number of hydrogen-bond acceptors (Lipinski definition) is 3. The van der Waals surface area contributed by atoms with Crippen molar-refractivity contribution >= 4 is 17.5 Å². The molecule has 0 radical (unpaired) electrons. The van der Waals surface area contributed by atoms with Crippen LogP contribution in [0.4, 0.5) is 5.69 Å².